The van der Waals surface area contributed by atoms with Crippen molar-refractivity contribution < 1.29 is 4.92 Å². The van der Waals surface area contributed by atoms with Crippen LogP contribution in [-0.4, -0.2) is 31.3 Å². The number of benzene rings is 1. The minimum Gasteiger partial charge on any atom is -0.347 e. The zero-order valence-electron chi connectivity index (χ0n) is 14.5. The van der Waals surface area contributed by atoms with Gasteiger partial charge in [0.05, 0.1) is 11.5 Å². The summed E-state index contributed by atoms with van der Waals surface area (Å²) in [6.07, 6.45) is 3.66. The van der Waals surface area contributed by atoms with Gasteiger partial charge < -0.3 is 9.47 Å². The van der Waals surface area contributed by atoms with Gasteiger partial charge in [-0.1, -0.05) is 30.3 Å². The number of imidazole rings is 1. The van der Waals surface area contributed by atoms with Gasteiger partial charge in [-0.2, -0.15) is 5.10 Å². The van der Waals surface area contributed by atoms with Crippen LogP contribution in [0.15, 0.2) is 42.7 Å². The van der Waals surface area contributed by atoms with E-state index in [-0.39, 0.29) is 10.6 Å². The number of nitrogens with zero attached hydrogens (tertiary/aromatic N) is 6. The van der Waals surface area contributed by atoms with Gasteiger partial charge in [0.15, 0.2) is 0 Å². The average molecular weight is 340 g/mol. The molecule has 25 heavy (non-hydrogen) atoms. The molecule has 0 saturated heterocycles. The monoisotopic (exact) mass is 340 g/mol. The molecule has 130 valence electrons. The highest BCUT2D eigenvalue weighted by molar-refractivity contribution is 5.60. The topological polar surface area (TPSA) is 82.0 Å². The molecule has 0 N–H and O–H groups in total. The number of anilines is 1. The number of hydrogen-bond acceptors (Lipinski definition) is 5. The highest BCUT2D eigenvalue weighted by atomic mass is 16.6. The van der Waals surface area contributed by atoms with Gasteiger partial charge in [-0.15, -0.1) is 0 Å². The van der Waals surface area contributed by atoms with E-state index in [1.807, 2.05) is 40.9 Å². The Balaban J connectivity index is 1.85. The number of aromatic nitrogens is 4. The van der Waals surface area contributed by atoms with E-state index in [9.17, 15) is 10.1 Å². The van der Waals surface area contributed by atoms with Crippen molar-refractivity contribution in [2.24, 2.45) is 7.05 Å². The van der Waals surface area contributed by atoms with Crippen molar-refractivity contribution in [3.8, 4) is 0 Å². The van der Waals surface area contributed by atoms with Crippen LogP contribution in [0, 0.1) is 17.0 Å². The van der Waals surface area contributed by atoms with Crippen LogP contribution < -0.4 is 4.90 Å². The summed E-state index contributed by atoms with van der Waals surface area (Å²) in [5, 5.41) is 15.6. The summed E-state index contributed by atoms with van der Waals surface area (Å²) in [6.45, 7) is 2.79. The van der Waals surface area contributed by atoms with Crippen LogP contribution in [0.1, 0.15) is 17.1 Å². The third kappa shape index (κ3) is 3.37. The summed E-state index contributed by atoms with van der Waals surface area (Å²) < 4.78 is 3.58. The van der Waals surface area contributed by atoms with Crippen LogP contribution in [0.4, 0.5) is 11.5 Å². The molecule has 0 spiro atoms. The minimum absolute atomic E-state index is 0.0335. The first-order chi connectivity index (χ1) is 12.0. The third-order valence-electron chi connectivity index (χ3n) is 4.08. The second kappa shape index (κ2) is 6.76. The summed E-state index contributed by atoms with van der Waals surface area (Å²) in [5.41, 5.74) is 1.61. The first-order valence-corrected chi connectivity index (χ1v) is 7.90. The lowest BCUT2D eigenvalue weighted by Gasteiger charge is -2.19. The molecule has 0 bridgehead atoms. The zero-order valence-corrected chi connectivity index (χ0v) is 14.5. The van der Waals surface area contributed by atoms with Gasteiger partial charge in [0, 0.05) is 33.0 Å². The fourth-order valence-corrected chi connectivity index (χ4v) is 2.98. The Morgan fingerprint density at radius 3 is 2.68 bits per heavy atom. The molecule has 2 heterocycles. The molecular weight excluding hydrogens is 320 g/mol. The highest BCUT2D eigenvalue weighted by Crippen LogP contribution is 2.30. The molecule has 0 aliphatic carbocycles. The molecule has 0 radical (unpaired) electrons. The number of aryl methyl sites for hydroxylation is 2. The van der Waals surface area contributed by atoms with Gasteiger partial charge in [0.1, 0.15) is 11.5 Å². The number of rotatable bonds is 6. The molecule has 8 heteroatoms. The Hall–Kier alpha value is -3.16. The molecule has 0 aliphatic rings. The van der Waals surface area contributed by atoms with E-state index in [2.05, 4.69) is 22.2 Å². The van der Waals surface area contributed by atoms with Crippen LogP contribution in [0.2, 0.25) is 0 Å². The van der Waals surface area contributed by atoms with Crippen molar-refractivity contribution in [1.29, 1.82) is 0 Å². The van der Waals surface area contributed by atoms with E-state index >= 15 is 0 Å². The van der Waals surface area contributed by atoms with Gasteiger partial charge in [0.2, 0.25) is 5.82 Å². The first kappa shape index (κ1) is 16.7. The predicted octanol–water partition coefficient (Wildman–Crippen LogP) is 2.52. The number of nitro groups is 1. The number of hydrogen-bond donors (Lipinski definition) is 0. The predicted molar refractivity (Wildman–Crippen MR) is 94.5 cm³/mol. The SMILES string of the molecule is Cc1nn(C)c(N(C)Cc2nccn2Cc2ccccc2)c1[N+](=O)[O-]. The molecule has 3 rings (SSSR count). The molecule has 3 aromatic rings. The van der Waals surface area contributed by atoms with Crippen molar-refractivity contribution in [3.63, 3.8) is 0 Å². The molecule has 2 aromatic heterocycles. The molecule has 0 atom stereocenters. The standard InChI is InChI=1S/C17H20N6O2/c1-13-16(23(24)25)17(21(3)19-13)20(2)12-15-18-9-10-22(15)11-14-7-5-4-6-8-14/h4-10H,11-12H2,1-3H3. The van der Waals surface area contributed by atoms with Crippen LogP contribution in [0.25, 0.3) is 0 Å². The van der Waals surface area contributed by atoms with Gasteiger partial charge >= 0.3 is 5.69 Å². The summed E-state index contributed by atoms with van der Waals surface area (Å²) in [4.78, 5) is 17.2. The van der Waals surface area contributed by atoms with Crippen molar-refractivity contribution >= 4 is 11.5 Å². The normalized spacial score (nSPS) is 10.8. The summed E-state index contributed by atoms with van der Waals surface area (Å²) >= 11 is 0. The molecular formula is C17H20N6O2. The van der Waals surface area contributed by atoms with Crippen LogP contribution in [-0.2, 0) is 20.1 Å². The Kier molecular flexibility index (Phi) is 4.51. The van der Waals surface area contributed by atoms with Crippen molar-refractivity contribution in [3.05, 3.63) is 69.9 Å². The Labute approximate surface area is 145 Å². The third-order valence-corrected chi connectivity index (χ3v) is 4.08. The highest BCUT2D eigenvalue weighted by Gasteiger charge is 2.27. The zero-order chi connectivity index (χ0) is 18.0. The van der Waals surface area contributed by atoms with Gasteiger partial charge in [0.25, 0.3) is 0 Å². The lowest BCUT2D eigenvalue weighted by atomic mass is 10.2. The molecule has 1 aromatic carbocycles. The second-order valence-corrected chi connectivity index (χ2v) is 5.95. The summed E-state index contributed by atoms with van der Waals surface area (Å²) in [7, 11) is 3.52. The molecule has 0 fully saturated rings. The first-order valence-electron chi connectivity index (χ1n) is 7.90. The largest absolute Gasteiger partial charge is 0.347 e. The minimum atomic E-state index is -0.384. The Bertz CT molecular complexity index is 884. The van der Waals surface area contributed by atoms with Crippen molar-refractivity contribution in [2.45, 2.75) is 20.0 Å². The smallest absolute Gasteiger partial charge is 0.333 e. The van der Waals surface area contributed by atoms with Gasteiger partial charge in [-0.05, 0) is 12.5 Å². The van der Waals surface area contributed by atoms with Gasteiger partial charge in [-0.25, -0.2) is 9.67 Å². The van der Waals surface area contributed by atoms with Crippen molar-refractivity contribution in [2.75, 3.05) is 11.9 Å². The second-order valence-electron chi connectivity index (χ2n) is 5.95. The van der Waals surface area contributed by atoms with E-state index < -0.39 is 0 Å². The van der Waals surface area contributed by atoms with E-state index in [1.165, 1.54) is 10.2 Å². The summed E-state index contributed by atoms with van der Waals surface area (Å²) in [5.74, 6) is 1.30. The molecule has 0 saturated carbocycles. The fourth-order valence-electron chi connectivity index (χ4n) is 2.98. The van der Waals surface area contributed by atoms with E-state index in [4.69, 9.17) is 0 Å². The fraction of sp³-hybridized carbons (Fsp3) is 0.294. The molecule has 0 unspecified atom stereocenters. The van der Waals surface area contributed by atoms with Crippen LogP contribution in [0.5, 0.6) is 0 Å². The molecule has 8 nitrogen and oxygen atoms in total. The maximum absolute atomic E-state index is 11.4. The molecule has 0 aliphatic heterocycles. The van der Waals surface area contributed by atoms with E-state index in [0.29, 0.717) is 24.6 Å². The van der Waals surface area contributed by atoms with E-state index in [0.717, 1.165) is 5.82 Å². The quantitative estimate of drug-likeness (QED) is 0.509. The van der Waals surface area contributed by atoms with Crippen LogP contribution in [0.3, 0.4) is 0 Å². The van der Waals surface area contributed by atoms with E-state index in [1.54, 1.807) is 20.2 Å². The molecule has 0 amide bonds. The Morgan fingerprint density at radius 2 is 2.00 bits per heavy atom. The maximum atomic E-state index is 11.4. The lowest BCUT2D eigenvalue weighted by Crippen LogP contribution is -2.23. The average Bonchev–Trinajstić information content (AvgIpc) is 3.11. The van der Waals surface area contributed by atoms with Crippen molar-refractivity contribution in [1.82, 2.24) is 19.3 Å². The Morgan fingerprint density at radius 1 is 1.28 bits per heavy atom. The summed E-state index contributed by atoms with van der Waals surface area (Å²) in [6, 6.07) is 10.1. The maximum Gasteiger partial charge on any atom is 0.333 e. The lowest BCUT2D eigenvalue weighted by molar-refractivity contribution is -0.384. The van der Waals surface area contributed by atoms with Crippen LogP contribution >= 0.6 is 0 Å². The van der Waals surface area contributed by atoms with Gasteiger partial charge in [-0.3, -0.25) is 10.1 Å².